The summed E-state index contributed by atoms with van der Waals surface area (Å²) in [6.07, 6.45) is -0.973. The van der Waals surface area contributed by atoms with Crippen molar-refractivity contribution in [2.75, 3.05) is 25.1 Å². The molecule has 0 radical (unpaired) electrons. The molecule has 0 aliphatic rings. The number of aromatic nitrogens is 4. The molecule has 0 saturated heterocycles. The molecule has 0 spiro atoms. The molecule has 2 heterocycles. The number of ether oxygens (including phenoxy) is 1. The number of rotatable bonds is 8. The quantitative estimate of drug-likeness (QED) is 0.463. The predicted molar refractivity (Wildman–Crippen MR) is 109 cm³/mol. The zero-order valence-corrected chi connectivity index (χ0v) is 16.8. The normalized spacial score (nSPS) is 12.3. The van der Waals surface area contributed by atoms with Crippen molar-refractivity contribution in [3.63, 3.8) is 0 Å². The highest BCUT2D eigenvalue weighted by molar-refractivity contribution is 6.30. The fourth-order valence-electron chi connectivity index (χ4n) is 2.91. The number of aliphatic hydroxyl groups excluding tert-OH is 2. The van der Waals surface area contributed by atoms with Crippen molar-refractivity contribution in [1.29, 1.82) is 0 Å². The number of imidazole rings is 1. The highest BCUT2D eigenvalue weighted by atomic mass is 35.5. The van der Waals surface area contributed by atoms with Crippen LogP contribution in [0.25, 0.3) is 11.2 Å². The van der Waals surface area contributed by atoms with Crippen molar-refractivity contribution < 1.29 is 14.9 Å². The van der Waals surface area contributed by atoms with Crippen LogP contribution in [0.1, 0.15) is 0 Å². The maximum absolute atomic E-state index is 12.7. The Morgan fingerprint density at radius 3 is 2.55 bits per heavy atom. The van der Waals surface area contributed by atoms with Crippen LogP contribution in [0.2, 0.25) is 5.02 Å². The largest absolute Gasteiger partial charge is 0.491 e. The van der Waals surface area contributed by atoms with E-state index in [1.165, 1.54) is 23.2 Å². The number of hydrogen-bond donors (Lipinski definition) is 3. The molecule has 11 heteroatoms. The summed E-state index contributed by atoms with van der Waals surface area (Å²) in [4.78, 5) is 29.2. The highest BCUT2D eigenvalue weighted by Crippen LogP contribution is 2.18. The van der Waals surface area contributed by atoms with Gasteiger partial charge in [-0.1, -0.05) is 11.6 Å². The van der Waals surface area contributed by atoms with Crippen molar-refractivity contribution in [3.8, 4) is 5.75 Å². The molecule has 3 aromatic rings. The maximum atomic E-state index is 12.7. The van der Waals surface area contributed by atoms with E-state index in [1.807, 2.05) is 0 Å². The van der Waals surface area contributed by atoms with Gasteiger partial charge in [0.15, 0.2) is 11.2 Å². The molecule has 1 aromatic carbocycles. The second-order valence-corrected chi connectivity index (χ2v) is 6.93. The van der Waals surface area contributed by atoms with Gasteiger partial charge in [-0.3, -0.25) is 13.9 Å². The standard InChI is InChI=1S/C18H22ClN5O5/c1-22-15-14(16(27)23(2)18(22)28)24(17(21-15)20-7-8-25)9-12(26)10-29-13-5-3-11(19)4-6-13/h3-6,12,25-26H,7-10H2,1-2H3,(H,20,21)/t12-/m0/s1. The predicted octanol–water partition coefficient (Wildman–Crippen LogP) is -0.0688. The Balaban J connectivity index is 1.92. The van der Waals surface area contributed by atoms with Gasteiger partial charge in [0.1, 0.15) is 18.5 Å². The summed E-state index contributed by atoms with van der Waals surface area (Å²) >= 11 is 5.84. The van der Waals surface area contributed by atoms with Gasteiger partial charge in [-0.25, -0.2) is 4.79 Å². The second kappa shape index (κ2) is 8.68. The minimum Gasteiger partial charge on any atom is -0.491 e. The van der Waals surface area contributed by atoms with Gasteiger partial charge in [0, 0.05) is 25.7 Å². The summed E-state index contributed by atoms with van der Waals surface area (Å²) in [6, 6.07) is 6.71. The third kappa shape index (κ3) is 4.29. The van der Waals surface area contributed by atoms with E-state index in [0.29, 0.717) is 10.8 Å². The molecule has 2 aromatic heterocycles. The molecular formula is C18H22ClN5O5. The number of fused-ring (bicyclic) bond motifs is 1. The molecule has 0 amide bonds. The van der Waals surface area contributed by atoms with Crippen LogP contribution in [-0.2, 0) is 20.6 Å². The summed E-state index contributed by atoms with van der Waals surface area (Å²) < 4.78 is 9.29. The molecule has 0 bridgehead atoms. The first-order chi connectivity index (χ1) is 13.8. The molecule has 0 aliphatic heterocycles. The van der Waals surface area contributed by atoms with Crippen LogP contribution in [0.5, 0.6) is 5.75 Å². The lowest BCUT2D eigenvalue weighted by atomic mass is 10.3. The Kier molecular flexibility index (Phi) is 6.26. The molecule has 3 N–H and O–H groups in total. The molecular weight excluding hydrogens is 402 g/mol. The second-order valence-electron chi connectivity index (χ2n) is 6.49. The first kappa shape index (κ1) is 20.9. The maximum Gasteiger partial charge on any atom is 0.332 e. The van der Waals surface area contributed by atoms with Crippen molar-refractivity contribution in [2.45, 2.75) is 12.6 Å². The van der Waals surface area contributed by atoms with Crippen LogP contribution < -0.4 is 21.3 Å². The number of benzene rings is 1. The Morgan fingerprint density at radius 2 is 1.90 bits per heavy atom. The number of anilines is 1. The zero-order chi connectivity index (χ0) is 21.1. The smallest absolute Gasteiger partial charge is 0.332 e. The third-order valence-corrected chi connectivity index (χ3v) is 4.64. The Bertz CT molecular complexity index is 1120. The van der Waals surface area contributed by atoms with Crippen molar-refractivity contribution in [2.24, 2.45) is 14.1 Å². The van der Waals surface area contributed by atoms with E-state index < -0.39 is 17.4 Å². The molecule has 0 unspecified atom stereocenters. The Labute approximate surface area is 170 Å². The van der Waals surface area contributed by atoms with Gasteiger partial charge in [0.2, 0.25) is 5.95 Å². The van der Waals surface area contributed by atoms with Crippen LogP contribution >= 0.6 is 11.6 Å². The summed E-state index contributed by atoms with van der Waals surface area (Å²) in [5.74, 6) is 0.804. The number of aliphatic hydroxyl groups is 2. The fraction of sp³-hybridized carbons (Fsp3) is 0.389. The zero-order valence-electron chi connectivity index (χ0n) is 16.0. The summed E-state index contributed by atoms with van der Waals surface area (Å²) in [5.41, 5.74) is -0.684. The lowest BCUT2D eigenvalue weighted by Gasteiger charge is -2.16. The van der Waals surface area contributed by atoms with Gasteiger partial charge >= 0.3 is 5.69 Å². The summed E-state index contributed by atoms with van der Waals surface area (Å²) in [7, 11) is 2.89. The van der Waals surface area contributed by atoms with E-state index in [4.69, 9.17) is 21.4 Å². The minimum atomic E-state index is -0.973. The topological polar surface area (TPSA) is 124 Å². The average Bonchev–Trinajstić information content (AvgIpc) is 3.07. The molecule has 10 nitrogen and oxygen atoms in total. The van der Waals surface area contributed by atoms with E-state index in [0.717, 1.165) is 4.57 Å². The minimum absolute atomic E-state index is 0.00864. The number of nitrogens with one attached hydrogen (secondary N) is 1. The lowest BCUT2D eigenvalue weighted by Crippen LogP contribution is -2.38. The lowest BCUT2D eigenvalue weighted by molar-refractivity contribution is 0.0938. The van der Waals surface area contributed by atoms with Gasteiger partial charge in [-0.15, -0.1) is 0 Å². The Morgan fingerprint density at radius 1 is 1.21 bits per heavy atom. The molecule has 156 valence electrons. The van der Waals surface area contributed by atoms with Crippen molar-refractivity contribution >= 4 is 28.7 Å². The van der Waals surface area contributed by atoms with E-state index in [2.05, 4.69) is 10.3 Å². The van der Waals surface area contributed by atoms with Crippen LogP contribution in [-0.4, -0.2) is 54.8 Å². The van der Waals surface area contributed by atoms with E-state index >= 15 is 0 Å². The van der Waals surface area contributed by atoms with E-state index in [1.54, 1.807) is 24.3 Å². The first-order valence-corrected chi connectivity index (χ1v) is 9.28. The van der Waals surface area contributed by atoms with E-state index in [-0.39, 0.29) is 43.4 Å². The fourth-order valence-corrected chi connectivity index (χ4v) is 3.04. The van der Waals surface area contributed by atoms with E-state index in [9.17, 15) is 14.7 Å². The van der Waals surface area contributed by atoms with Gasteiger partial charge < -0.3 is 24.8 Å². The monoisotopic (exact) mass is 423 g/mol. The number of halogens is 1. The number of aryl methyl sites for hydroxylation is 1. The third-order valence-electron chi connectivity index (χ3n) is 4.39. The van der Waals surface area contributed by atoms with Gasteiger partial charge in [-0.05, 0) is 24.3 Å². The molecule has 3 rings (SSSR count). The van der Waals surface area contributed by atoms with Crippen LogP contribution in [0.4, 0.5) is 5.95 Å². The summed E-state index contributed by atoms with van der Waals surface area (Å²) in [5, 5.41) is 23.1. The average molecular weight is 424 g/mol. The van der Waals surface area contributed by atoms with Crippen molar-refractivity contribution in [1.82, 2.24) is 18.7 Å². The molecule has 1 atom stereocenters. The van der Waals surface area contributed by atoms with Crippen LogP contribution in [0.3, 0.4) is 0 Å². The highest BCUT2D eigenvalue weighted by Gasteiger charge is 2.21. The molecule has 0 aliphatic carbocycles. The molecule has 0 fully saturated rings. The number of nitrogens with zero attached hydrogens (tertiary/aromatic N) is 4. The van der Waals surface area contributed by atoms with Gasteiger partial charge in [0.05, 0.1) is 13.2 Å². The van der Waals surface area contributed by atoms with Crippen molar-refractivity contribution in [3.05, 3.63) is 50.1 Å². The first-order valence-electron chi connectivity index (χ1n) is 8.91. The summed E-state index contributed by atoms with van der Waals surface area (Å²) in [6.45, 7) is -0.00451. The molecule has 29 heavy (non-hydrogen) atoms. The number of hydrogen-bond acceptors (Lipinski definition) is 7. The molecule has 0 saturated carbocycles. The van der Waals surface area contributed by atoms with Crippen LogP contribution in [0.15, 0.2) is 33.9 Å². The van der Waals surface area contributed by atoms with Crippen LogP contribution in [0, 0.1) is 0 Å². The Hall–Kier alpha value is -2.82. The van der Waals surface area contributed by atoms with Gasteiger partial charge in [-0.2, -0.15) is 4.98 Å². The van der Waals surface area contributed by atoms with Gasteiger partial charge in [0.25, 0.3) is 5.56 Å². The SMILES string of the molecule is Cn1c(=O)c2c(nc(NCCO)n2C[C@H](O)COc2ccc(Cl)cc2)n(C)c1=O.